The topological polar surface area (TPSA) is 42.2 Å². The summed E-state index contributed by atoms with van der Waals surface area (Å²) in [4.78, 5) is 12.4. The van der Waals surface area contributed by atoms with Crippen molar-refractivity contribution in [1.82, 2.24) is 0 Å². The molecule has 1 heterocycles. The second-order valence-corrected chi connectivity index (χ2v) is 6.26. The zero-order valence-corrected chi connectivity index (χ0v) is 14.0. The third kappa shape index (κ3) is 3.14. The molecule has 0 unspecified atom stereocenters. The molecule has 0 aliphatic heterocycles. The summed E-state index contributed by atoms with van der Waals surface area (Å²) in [5.74, 6) is -0.0247. The van der Waals surface area contributed by atoms with Gasteiger partial charge >= 0.3 is 0 Å². The van der Waals surface area contributed by atoms with E-state index in [9.17, 15) is 4.79 Å². The van der Waals surface area contributed by atoms with E-state index in [0.29, 0.717) is 6.42 Å². The van der Waals surface area contributed by atoms with Crippen LogP contribution in [0.3, 0.4) is 0 Å². The second kappa shape index (κ2) is 5.92. The number of aryl methyl sites for hydroxylation is 4. The van der Waals surface area contributed by atoms with Crippen LogP contribution in [0.1, 0.15) is 27.8 Å². The summed E-state index contributed by atoms with van der Waals surface area (Å²) in [5, 5.41) is 4.04. The number of rotatable bonds is 3. The molecule has 0 atom stereocenters. The Morgan fingerprint density at radius 3 is 2.39 bits per heavy atom. The molecule has 1 amide bonds. The van der Waals surface area contributed by atoms with E-state index in [0.717, 1.165) is 38.9 Å². The van der Waals surface area contributed by atoms with Crippen LogP contribution in [-0.4, -0.2) is 5.91 Å². The quantitative estimate of drug-likeness (QED) is 0.751. The molecular formula is C20H21NO2. The Morgan fingerprint density at radius 1 is 1.00 bits per heavy atom. The van der Waals surface area contributed by atoms with E-state index in [2.05, 4.69) is 24.4 Å². The first-order valence-electron chi connectivity index (χ1n) is 7.78. The van der Waals surface area contributed by atoms with Crippen LogP contribution < -0.4 is 5.32 Å². The monoisotopic (exact) mass is 307 g/mol. The van der Waals surface area contributed by atoms with Crippen LogP contribution >= 0.6 is 0 Å². The lowest BCUT2D eigenvalue weighted by molar-refractivity contribution is -0.115. The number of benzene rings is 2. The Bertz CT molecular complexity index is 867. The SMILES string of the molecule is Cc1cc(C)c(NC(=O)Cc2coc3cc(C)ccc23)c(C)c1. The van der Waals surface area contributed by atoms with E-state index in [1.165, 1.54) is 5.56 Å². The fourth-order valence-corrected chi connectivity index (χ4v) is 3.06. The van der Waals surface area contributed by atoms with Crippen LogP contribution in [0.5, 0.6) is 0 Å². The van der Waals surface area contributed by atoms with Crippen LogP contribution in [0.4, 0.5) is 5.69 Å². The van der Waals surface area contributed by atoms with Gasteiger partial charge in [0.05, 0.1) is 12.7 Å². The molecule has 2 aromatic carbocycles. The molecule has 0 fully saturated rings. The van der Waals surface area contributed by atoms with Crippen LogP contribution in [0.15, 0.2) is 41.0 Å². The Kier molecular flexibility index (Phi) is 3.95. The first kappa shape index (κ1) is 15.3. The Labute approximate surface area is 136 Å². The van der Waals surface area contributed by atoms with Crippen molar-refractivity contribution in [3.8, 4) is 0 Å². The molecule has 0 radical (unpaired) electrons. The number of amides is 1. The van der Waals surface area contributed by atoms with Gasteiger partial charge in [-0.15, -0.1) is 0 Å². The van der Waals surface area contributed by atoms with Gasteiger partial charge < -0.3 is 9.73 Å². The van der Waals surface area contributed by atoms with Crippen LogP contribution in [0, 0.1) is 27.7 Å². The minimum atomic E-state index is -0.0247. The van der Waals surface area contributed by atoms with E-state index in [-0.39, 0.29) is 5.91 Å². The summed E-state index contributed by atoms with van der Waals surface area (Å²) >= 11 is 0. The lowest BCUT2D eigenvalue weighted by Crippen LogP contribution is -2.16. The van der Waals surface area contributed by atoms with Crippen molar-refractivity contribution < 1.29 is 9.21 Å². The minimum absolute atomic E-state index is 0.0247. The zero-order valence-electron chi connectivity index (χ0n) is 14.0. The molecular weight excluding hydrogens is 286 g/mol. The molecule has 1 aromatic heterocycles. The highest BCUT2D eigenvalue weighted by Gasteiger charge is 2.13. The van der Waals surface area contributed by atoms with Gasteiger partial charge in [-0.2, -0.15) is 0 Å². The molecule has 0 aliphatic carbocycles. The van der Waals surface area contributed by atoms with Crippen molar-refractivity contribution >= 4 is 22.6 Å². The molecule has 0 spiro atoms. The fourth-order valence-electron chi connectivity index (χ4n) is 3.06. The predicted octanol–water partition coefficient (Wildman–Crippen LogP) is 4.85. The first-order chi connectivity index (χ1) is 10.9. The number of furan rings is 1. The molecule has 3 rings (SSSR count). The van der Waals surface area contributed by atoms with Gasteiger partial charge in [0.1, 0.15) is 5.58 Å². The number of hydrogen-bond acceptors (Lipinski definition) is 2. The van der Waals surface area contributed by atoms with Crippen molar-refractivity contribution in [2.24, 2.45) is 0 Å². The molecule has 3 heteroatoms. The van der Waals surface area contributed by atoms with Gasteiger partial charge in [-0.25, -0.2) is 0 Å². The third-order valence-corrected chi connectivity index (χ3v) is 4.10. The number of nitrogens with one attached hydrogen (secondary N) is 1. The van der Waals surface area contributed by atoms with E-state index in [4.69, 9.17) is 4.42 Å². The lowest BCUT2D eigenvalue weighted by atomic mass is 10.0. The second-order valence-electron chi connectivity index (χ2n) is 6.26. The van der Waals surface area contributed by atoms with Crippen molar-refractivity contribution in [3.05, 3.63) is 64.4 Å². The Balaban J connectivity index is 1.82. The Morgan fingerprint density at radius 2 is 1.70 bits per heavy atom. The maximum atomic E-state index is 12.4. The Hall–Kier alpha value is -2.55. The molecule has 0 saturated heterocycles. The van der Waals surface area contributed by atoms with Gasteiger partial charge in [-0.1, -0.05) is 29.8 Å². The smallest absolute Gasteiger partial charge is 0.228 e. The van der Waals surface area contributed by atoms with Gasteiger partial charge in [-0.3, -0.25) is 4.79 Å². The number of fused-ring (bicyclic) bond motifs is 1. The average molecular weight is 307 g/mol. The van der Waals surface area contributed by atoms with Crippen molar-refractivity contribution in [2.45, 2.75) is 34.1 Å². The zero-order chi connectivity index (χ0) is 16.6. The van der Waals surface area contributed by atoms with E-state index in [1.807, 2.05) is 39.0 Å². The summed E-state index contributed by atoms with van der Waals surface area (Å²) < 4.78 is 5.56. The summed E-state index contributed by atoms with van der Waals surface area (Å²) in [6, 6.07) is 10.2. The molecule has 0 bridgehead atoms. The van der Waals surface area contributed by atoms with Crippen LogP contribution in [0.25, 0.3) is 11.0 Å². The minimum Gasteiger partial charge on any atom is -0.464 e. The van der Waals surface area contributed by atoms with E-state index < -0.39 is 0 Å². The standard InChI is InChI=1S/C20H21NO2/c1-12-5-6-17-16(11-23-18(17)9-12)10-19(22)21-20-14(3)7-13(2)8-15(20)4/h5-9,11H,10H2,1-4H3,(H,21,22). The highest BCUT2D eigenvalue weighted by Crippen LogP contribution is 2.25. The van der Waals surface area contributed by atoms with E-state index in [1.54, 1.807) is 6.26 Å². The van der Waals surface area contributed by atoms with Crippen molar-refractivity contribution in [2.75, 3.05) is 5.32 Å². The first-order valence-corrected chi connectivity index (χ1v) is 7.78. The molecule has 23 heavy (non-hydrogen) atoms. The number of carbonyl (C=O) groups is 1. The fraction of sp³-hybridized carbons (Fsp3) is 0.250. The van der Waals surface area contributed by atoms with Gasteiger partial charge in [0.25, 0.3) is 0 Å². The summed E-state index contributed by atoms with van der Waals surface area (Å²) in [5.41, 5.74) is 7.18. The normalized spacial score (nSPS) is 11.0. The third-order valence-electron chi connectivity index (χ3n) is 4.10. The highest BCUT2D eigenvalue weighted by atomic mass is 16.3. The number of anilines is 1. The maximum absolute atomic E-state index is 12.4. The largest absolute Gasteiger partial charge is 0.464 e. The molecule has 3 nitrogen and oxygen atoms in total. The average Bonchev–Trinajstić information content (AvgIpc) is 2.85. The molecule has 0 saturated carbocycles. The van der Waals surface area contributed by atoms with Crippen molar-refractivity contribution in [1.29, 1.82) is 0 Å². The summed E-state index contributed by atoms with van der Waals surface area (Å²) in [7, 11) is 0. The molecule has 0 aliphatic rings. The van der Waals surface area contributed by atoms with Crippen LogP contribution in [0.2, 0.25) is 0 Å². The number of hydrogen-bond donors (Lipinski definition) is 1. The number of carbonyl (C=O) groups excluding carboxylic acids is 1. The summed E-state index contributed by atoms with van der Waals surface area (Å²) in [6.07, 6.45) is 1.99. The van der Waals surface area contributed by atoms with Gasteiger partial charge in [0, 0.05) is 16.6 Å². The summed E-state index contributed by atoms with van der Waals surface area (Å²) in [6.45, 7) is 8.12. The predicted molar refractivity (Wildman–Crippen MR) is 93.9 cm³/mol. The van der Waals surface area contributed by atoms with Gasteiger partial charge in [0.15, 0.2) is 0 Å². The van der Waals surface area contributed by atoms with Gasteiger partial charge in [-0.05, 0) is 50.5 Å². The van der Waals surface area contributed by atoms with E-state index >= 15 is 0 Å². The van der Waals surface area contributed by atoms with Crippen molar-refractivity contribution in [3.63, 3.8) is 0 Å². The molecule has 1 N–H and O–H groups in total. The lowest BCUT2D eigenvalue weighted by Gasteiger charge is -2.12. The maximum Gasteiger partial charge on any atom is 0.228 e. The molecule has 118 valence electrons. The molecule has 3 aromatic rings. The van der Waals surface area contributed by atoms with Gasteiger partial charge in [0.2, 0.25) is 5.91 Å². The van der Waals surface area contributed by atoms with Crippen LogP contribution in [-0.2, 0) is 11.2 Å². The highest BCUT2D eigenvalue weighted by molar-refractivity contribution is 5.96.